The average Bonchev–Trinajstić information content (AvgIpc) is 3.62. The quantitative estimate of drug-likeness (QED) is 0.123. The molecule has 0 radical (unpaired) electrons. The molecule has 0 saturated carbocycles. The number of aryl methyl sites for hydroxylation is 2. The molecule has 6 aromatic carbocycles. The molecule has 4 heteroatoms. The molecule has 0 heterocycles. The second-order valence-electron chi connectivity index (χ2n) is 10.0. The van der Waals surface area contributed by atoms with E-state index in [0.717, 1.165) is 12.8 Å². The number of fused-ring (bicyclic) bond motifs is 2. The molecule has 0 unspecified atom stereocenters. The van der Waals surface area contributed by atoms with Gasteiger partial charge in [0.2, 0.25) is 0 Å². The molecule has 0 aliphatic carbocycles. The van der Waals surface area contributed by atoms with E-state index in [-0.39, 0.29) is 0 Å². The summed E-state index contributed by atoms with van der Waals surface area (Å²) in [6.07, 6.45) is 2.20. The molecule has 40 heavy (non-hydrogen) atoms. The first kappa shape index (κ1) is 31.0. The Morgan fingerprint density at radius 3 is 1.27 bits per heavy atom. The van der Waals surface area contributed by atoms with Gasteiger partial charge in [0.15, 0.2) is 0 Å². The van der Waals surface area contributed by atoms with Gasteiger partial charge in [0.1, 0.15) is 0 Å². The Labute approximate surface area is 255 Å². The molecule has 0 nitrogen and oxygen atoms in total. The van der Waals surface area contributed by atoms with Gasteiger partial charge in [0, 0.05) is 0 Å². The number of rotatable bonds is 4. The Balaban J connectivity index is 0.000000155. The summed E-state index contributed by atoms with van der Waals surface area (Å²) in [4.78, 5) is 0. The Kier molecular flexibility index (Phi) is 11.9. The van der Waals surface area contributed by atoms with Crippen LogP contribution in [-0.4, -0.2) is 10.1 Å². The number of benzene rings is 4. The zero-order valence-electron chi connectivity index (χ0n) is 23.7. The minimum absolute atomic E-state index is 0.719. The molecular weight excluding hydrogens is 754 g/mol. The molecule has 0 amide bonds. The molecule has 6 rings (SSSR count). The van der Waals surface area contributed by atoms with Gasteiger partial charge in [-0.15, -0.1) is 69.1 Å². The predicted molar refractivity (Wildman–Crippen MR) is 178 cm³/mol. The molecule has 0 atom stereocenters. The third-order valence-electron chi connectivity index (χ3n) is 6.99. The van der Waals surface area contributed by atoms with Crippen molar-refractivity contribution in [2.24, 2.45) is 0 Å². The average molecular weight is 791 g/mol. The van der Waals surface area contributed by atoms with Gasteiger partial charge in [-0.05, 0) is 24.0 Å². The Hall–Kier alpha value is -1.91. The van der Waals surface area contributed by atoms with E-state index in [2.05, 4.69) is 147 Å². The van der Waals surface area contributed by atoms with Gasteiger partial charge in [0.05, 0.1) is 0 Å². The van der Waals surface area contributed by atoms with E-state index in [0.29, 0.717) is 0 Å². The van der Waals surface area contributed by atoms with Gasteiger partial charge in [0.25, 0.3) is 0 Å². The molecule has 0 spiro atoms. The zero-order valence-corrected chi connectivity index (χ0v) is 30.9. The van der Waals surface area contributed by atoms with Gasteiger partial charge in [-0.1, -0.05) is 97.8 Å². The maximum atomic E-state index is 5.67. The summed E-state index contributed by atoms with van der Waals surface area (Å²) in [6.45, 7) is 4.41. The van der Waals surface area contributed by atoms with E-state index in [1.54, 1.807) is 0 Å². The predicted octanol–water partition coefficient (Wildman–Crippen LogP) is 11.7. The molecule has 0 N–H and O–H groups in total. The van der Waals surface area contributed by atoms with Gasteiger partial charge in [-0.25, -0.2) is 0 Å². The first-order valence-corrected chi connectivity index (χ1v) is 37.4. The van der Waals surface area contributed by atoms with E-state index in [1.807, 2.05) is 0 Å². The number of hydrogen-bond acceptors (Lipinski definition) is 0. The van der Waals surface area contributed by atoms with Gasteiger partial charge in [-0.2, -0.15) is 12.1 Å². The summed E-state index contributed by atoms with van der Waals surface area (Å²) in [6, 6.07) is 43.5. The van der Waals surface area contributed by atoms with Crippen LogP contribution in [0.15, 0.2) is 121 Å². The van der Waals surface area contributed by atoms with E-state index in [4.69, 9.17) is 17.2 Å². The molecule has 0 aliphatic heterocycles. The van der Waals surface area contributed by atoms with E-state index in [1.165, 1.54) is 54.9 Å². The Bertz CT molecular complexity index is 1560. The first-order chi connectivity index (χ1) is 19.4. The fourth-order valence-electron chi connectivity index (χ4n) is 4.74. The van der Waals surface area contributed by atoms with E-state index >= 15 is 0 Å². The van der Waals surface area contributed by atoms with Crippen LogP contribution in [0.4, 0.5) is 0 Å². The number of hydrogen-bond donors (Lipinski definition) is 0. The summed E-state index contributed by atoms with van der Waals surface area (Å²) in [5.41, 5.74) is 8.11. The van der Waals surface area contributed by atoms with Crippen LogP contribution in [-0.2, 0) is 28.8 Å². The molecule has 204 valence electrons. The summed E-state index contributed by atoms with van der Waals surface area (Å²) < 4.78 is 0. The van der Waals surface area contributed by atoms with Gasteiger partial charge >= 0.3 is 54.7 Å². The van der Waals surface area contributed by atoms with Gasteiger partial charge in [-0.3, -0.25) is 0 Å². The summed E-state index contributed by atoms with van der Waals surface area (Å²) >= 11 is -1.72. The minimum atomic E-state index is -1.72. The van der Waals surface area contributed by atoms with Crippen molar-refractivity contribution in [3.63, 3.8) is 0 Å². The summed E-state index contributed by atoms with van der Waals surface area (Å²) in [5.74, 6) is 4.48. The van der Waals surface area contributed by atoms with E-state index in [9.17, 15) is 0 Å². The second-order valence-corrected chi connectivity index (χ2v) is 62.0. The van der Waals surface area contributed by atoms with Crippen LogP contribution >= 0.6 is 17.2 Å². The SMILES string of the molecule is CCc1cc2c(-c3ccccc3)cccc2[cH-]1.CCc1cc2c(-c3ccccc3)cccc2[cH-]1.[CH3][Ge]([CH3])=[Hf]([Cl])[Cl]. The van der Waals surface area contributed by atoms with Crippen molar-refractivity contribution in [3.8, 4) is 22.3 Å². The van der Waals surface area contributed by atoms with Crippen molar-refractivity contribution in [1.29, 1.82) is 0 Å². The zero-order chi connectivity index (χ0) is 28.5. The van der Waals surface area contributed by atoms with Crippen molar-refractivity contribution < 1.29 is 16.0 Å². The first-order valence-electron chi connectivity index (χ1n) is 13.9. The maximum absolute atomic E-state index is 5.67. The molecule has 6 aromatic rings. The van der Waals surface area contributed by atoms with Crippen molar-refractivity contribution in [3.05, 3.63) is 132 Å². The molecule has 0 bridgehead atoms. The Morgan fingerprint density at radius 2 is 0.950 bits per heavy atom. The standard InChI is InChI=1S/2C17H15.C2H6Ge.2ClH.Hf/c2*1-2-13-11-15-9-6-10-16(17(15)12-13)14-7-4-3-5-8-14;1-3-2;;;/h2*3-12H,2H2,1H3;1-2H3;2*1H;/q2*-1;;;;+2/p-2. The van der Waals surface area contributed by atoms with E-state index < -0.39 is 26.0 Å². The van der Waals surface area contributed by atoms with Gasteiger partial charge < -0.3 is 0 Å². The normalized spacial score (nSPS) is 10.4. The fraction of sp³-hybridized carbons (Fsp3) is 0.167. The molecule has 0 fully saturated rings. The van der Waals surface area contributed by atoms with Crippen LogP contribution < -0.4 is 0 Å². The third-order valence-corrected chi connectivity index (χ3v) is 54.8. The van der Waals surface area contributed by atoms with Crippen LogP contribution in [0.2, 0.25) is 11.5 Å². The molecule has 0 aromatic heterocycles. The van der Waals surface area contributed by atoms with Crippen LogP contribution in [0, 0.1) is 0 Å². The summed E-state index contributed by atoms with van der Waals surface area (Å²) in [7, 11) is 10.6. The topological polar surface area (TPSA) is 0 Å². The Morgan fingerprint density at radius 1 is 0.575 bits per heavy atom. The van der Waals surface area contributed by atoms with Crippen molar-refractivity contribution in [2.75, 3.05) is 0 Å². The van der Waals surface area contributed by atoms with Crippen molar-refractivity contribution >= 4 is 48.8 Å². The monoisotopic (exact) mass is 792 g/mol. The van der Waals surface area contributed by atoms with Crippen LogP contribution in [0.3, 0.4) is 0 Å². The number of halogens is 2. The fourth-order valence-corrected chi connectivity index (χ4v) is 4.74. The van der Waals surface area contributed by atoms with Crippen LogP contribution in [0.5, 0.6) is 0 Å². The molecule has 0 aliphatic rings. The second kappa shape index (κ2) is 15.4. The molecule has 0 saturated heterocycles. The molecular formula is C36H36Cl2GeHf-2. The van der Waals surface area contributed by atoms with Crippen molar-refractivity contribution in [1.82, 2.24) is 0 Å². The van der Waals surface area contributed by atoms with Crippen LogP contribution in [0.1, 0.15) is 25.0 Å². The third kappa shape index (κ3) is 8.10. The van der Waals surface area contributed by atoms with Crippen LogP contribution in [0.25, 0.3) is 43.8 Å². The summed E-state index contributed by atoms with van der Waals surface area (Å²) in [5, 5.41) is 5.44. The van der Waals surface area contributed by atoms with Crippen molar-refractivity contribution in [2.45, 2.75) is 38.2 Å².